The van der Waals surface area contributed by atoms with Crippen molar-refractivity contribution in [2.75, 3.05) is 12.3 Å². The first-order valence-electron chi connectivity index (χ1n) is 3.79. The van der Waals surface area contributed by atoms with E-state index >= 15 is 0 Å². The third-order valence-electron chi connectivity index (χ3n) is 1.20. The number of aromatic nitrogens is 2. The zero-order chi connectivity index (χ0) is 11.3. The van der Waals surface area contributed by atoms with Gasteiger partial charge < -0.3 is 15.7 Å². The molecule has 7 nitrogen and oxygen atoms in total. The Balaban J connectivity index is 2.87. The first kappa shape index (κ1) is 11.1. The normalized spacial score (nSPS) is 11.1. The summed E-state index contributed by atoms with van der Waals surface area (Å²) >= 11 is 0.886. The Morgan fingerprint density at radius 3 is 3.00 bits per heavy atom. The Labute approximate surface area is 89.0 Å². The molecule has 0 bridgehead atoms. The Bertz CT molecular complexity index is 401. The van der Waals surface area contributed by atoms with Crippen molar-refractivity contribution in [1.29, 1.82) is 0 Å². The molecule has 8 heteroatoms. The third-order valence-corrected chi connectivity index (χ3v) is 1.75. The fraction of sp³-hybridized carbons (Fsp3) is 0.143. The largest absolute Gasteiger partial charge is 0.476 e. The van der Waals surface area contributed by atoms with Crippen molar-refractivity contribution in [1.82, 2.24) is 9.36 Å². The van der Waals surface area contributed by atoms with Crippen LogP contribution in [0.1, 0.15) is 5.82 Å². The maximum atomic E-state index is 10.8. The lowest BCUT2D eigenvalue weighted by Crippen LogP contribution is -2.16. The van der Waals surface area contributed by atoms with E-state index in [0.717, 1.165) is 11.5 Å². The minimum atomic E-state index is -1.28. The van der Waals surface area contributed by atoms with E-state index in [4.69, 9.17) is 10.8 Å². The van der Waals surface area contributed by atoms with Gasteiger partial charge in [-0.05, 0) is 0 Å². The van der Waals surface area contributed by atoms with Crippen molar-refractivity contribution in [2.24, 2.45) is 5.16 Å². The summed E-state index contributed by atoms with van der Waals surface area (Å²) in [7, 11) is 0. The van der Waals surface area contributed by atoms with Crippen LogP contribution in [0.15, 0.2) is 17.8 Å². The topological polar surface area (TPSA) is 111 Å². The Hall–Kier alpha value is -1.96. The fourth-order valence-corrected chi connectivity index (χ4v) is 1.10. The molecular formula is C7H8N4O3S. The zero-order valence-electron chi connectivity index (χ0n) is 7.58. The average molecular weight is 228 g/mol. The standard InChI is InChI=1S/C7H8N4O3S/c1-2-3-14-10-4(6(12)13)5-9-7(8)15-11-5/h2H,1,3H2,(H,12,13)(H2,8,9,11). The molecule has 0 fully saturated rings. The van der Waals surface area contributed by atoms with Crippen LogP contribution in [-0.4, -0.2) is 32.8 Å². The minimum Gasteiger partial charge on any atom is -0.476 e. The van der Waals surface area contributed by atoms with Gasteiger partial charge in [-0.25, -0.2) is 4.79 Å². The summed E-state index contributed by atoms with van der Waals surface area (Å²) in [6, 6.07) is 0. The molecule has 3 N–H and O–H groups in total. The summed E-state index contributed by atoms with van der Waals surface area (Å²) in [5.74, 6) is -1.34. The molecule has 0 atom stereocenters. The molecule has 0 aromatic carbocycles. The van der Waals surface area contributed by atoms with Crippen molar-refractivity contribution >= 4 is 28.3 Å². The number of oxime groups is 1. The Morgan fingerprint density at radius 2 is 2.53 bits per heavy atom. The van der Waals surface area contributed by atoms with Gasteiger partial charge in [0, 0.05) is 11.5 Å². The molecule has 0 aliphatic carbocycles. The lowest BCUT2D eigenvalue weighted by molar-refractivity contribution is -0.129. The third kappa shape index (κ3) is 3.02. The second-order valence-corrected chi connectivity index (χ2v) is 3.07. The first-order valence-corrected chi connectivity index (χ1v) is 4.56. The summed E-state index contributed by atoms with van der Waals surface area (Å²) in [6.07, 6.45) is 1.44. The quantitative estimate of drug-likeness (QED) is 0.320. The molecule has 1 rings (SSSR count). The highest BCUT2D eigenvalue weighted by Gasteiger charge is 2.18. The van der Waals surface area contributed by atoms with Crippen LogP contribution < -0.4 is 5.73 Å². The van der Waals surface area contributed by atoms with Crippen LogP contribution in [-0.2, 0) is 9.63 Å². The number of nitrogens with zero attached hydrogens (tertiary/aromatic N) is 3. The van der Waals surface area contributed by atoms with Crippen LogP contribution in [0.5, 0.6) is 0 Å². The van der Waals surface area contributed by atoms with Gasteiger partial charge in [-0.1, -0.05) is 17.8 Å². The Kier molecular flexibility index (Phi) is 3.75. The molecule has 1 heterocycles. The van der Waals surface area contributed by atoms with E-state index < -0.39 is 5.97 Å². The van der Waals surface area contributed by atoms with Crippen LogP contribution in [0.2, 0.25) is 0 Å². The number of carboxylic acid groups (broad SMARTS) is 1. The molecule has 0 unspecified atom stereocenters. The van der Waals surface area contributed by atoms with Gasteiger partial charge in [0.1, 0.15) is 6.61 Å². The molecule has 0 spiro atoms. The molecular weight excluding hydrogens is 220 g/mol. The van der Waals surface area contributed by atoms with E-state index in [1.54, 1.807) is 0 Å². The second kappa shape index (κ2) is 5.05. The predicted octanol–water partition coefficient (Wildman–Crippen LogP) is 0.112. The molecule has 1 aromatic heterocycles. The molecule has 0 aliphatic heterocycles. The van der Waals surface area contributed by atoms with Gasteiger partial charge in [-0.15, -0.1) is 0 Å². The number of nitrogens with two attached hydrogens (primary N) is 1. The highest BCUT2D eigenvalue weighted by atomic mass is 32.1. The van der Waals surface area contributed by atoms with E-state index in [9.17, 15) is 4.79 Å². The minimum absolute atomic E-state index is 0.0611. The number of carbonyl (C=O) groups is 1. The molecule has 1 aromatic rings. The first-order chi connectivity index (χ1) is 7.15. The van der Waals surface area contributed by atoms with Gasteiger partial charge in [0.05, 0.1) is 0 Å². The number of hydrogen-bond acceptors (Lipinski definition) is 7. The van der Waals surface area contributed by atoms with Gasteiger partial charge in [0.15, 0.2) is 5.13 Å². The van der Waals surface area contributed by atoms with E-state index in [-0.39, 0.29) is 23.3 Å². The second-order valence-electron chi connectivity index (χ2n) is 2.29. The number of nitrogen functional groups attached to an aromatic ring is 1. The summed E-state index contributed by atoms with van der Waals surface area (Å²) in [5.41, 5.74) is 4.93. The number of carboxylic acids is 1. The van der Waals surface area contributed by atoms with Crippen LogP contribution in [0, 0.1) is 0 Å². The van der Waals surface area contributed by atoms with Crippen molar-refractivity contribution in [3.63, 3.8) is 0 Å². The molecule has 80 valence electrons. The van der Waals surface area contributed by atoms with E-state index in [1.165, 1.54) is 6.08 Å². The summed E-state index contributed by atoms with van der Waals surface area (Å²) in [6.45, 7) is 3.50. The summed E-state index contributed by atoms with van der Waals surface area (Å²) in [5, 5.41) is 12.3. The van der Waals surface area contributed by atoms with Gasteiger partial charge in [-0.2, -0.15) is 9.36 Å². The molecule has 0 saturated heterocycles. The SMILES string of the molecule is C=CCON=C(C(=O)O)c1nsc(N)n1. The predicted molar refractivity (Wildman–Crippen MR) is 54.6 cm³/mol. The van der Waals surface area contributed by atoms with Crippen LogP contribution in [0.25, 0.3) is 0 Å². The Morgan fingerprint density at radius 1 is 1.80 bits per heavy atom. The van der Waals surface area contributed by atoms with Crippen LogP contribution >= 0.6 is 11.5 Å². The van der Waals surface area contributed by atoms with Gasteiger partial charge in [0.25, 0.3) is 0 Å². The summed E-state index contributed by atoms with van der Waals surface area (Å²) in [4.78, 5) is 19.1. The monoisotopic (exact) mass is 228 g/mol. The number of anilines is 1. The average Bonchev–Trinajstić information content (AvgIpc) is 2.59. The number of aliphatic carboxylic acids is 1. The van der Waals surface area contributed by atoms with Crippen molar-refractivity contribution in [2.45, 2.75) is 0 Å². The van der Waals surface area contributed by atoms with Crippen molar-refractivity contribution in [3.05, 3.63) is 18.5 Å². The van der Waals surface area contributed by atoms with E-state index in [1.807, 2.05) is 0 Å². The molecule has 0 radical (unpaired) electrons. The fourth-order valence-electron chi connectivity index (χ4n) is 0.661. The maximum absolute atomic E-state index is 10.8. The van der Waals surface area contributed by atoms with E-state index in [2.05, 4.69) is 25.9 Å². The van der Waals surface area contributed by atoms with E-state index in [0.29, 0.717) is 0 Å². The van der Waals surface area contributed by atoms with Crippen LogP contribution in [0.4, 0.5) is 5.13 Å². The van der Waals surface area contributed by atoms with Crippen LogP contribution in [0.3, 0.4) is 0 Å². The highest BCUT2D eigenvalue weighted by Crippen LogP contribution is 2.07. The van der Waals surface area contributed by atoms with Crippen molar-refractivity contribution < 1.29 is 14.7 Å². The number of hydrogen-bond donors (Lipinski definition) is 2. The summed E-state index contributed by atoms with van der Waals surface area (Å²) < 4.78 is 3.70. The molecule has 0 aliphatic rings. The number of rotatable bonds is 5. The lowest BCUT2D eigenvalue weighted by atomic mass is 10.4. The highest BCUT2D eigenvalue weighted by molar-refractivity contribution is 7.09. The van der Waals surface area contributed by atoms with Gasteiger partial charge >= 0.3 is 5.97 Å². The maximum Gasteiger partial charge on any atom is 0.362 e. The van der Waals surface area contributed by atoms with Crippen molar-refractivity contribution in [3.8, 4) is 0 Å². The molecule has 0 saturated carbocycles. The smallest absolute Gasteiger partial charge is 0.362 e. The van der Waals surface area contributed by atoms with Gasteiger partial charge in [-0.3, -0.25) is 0 Å². The zero-order valence-corrected chi connectivity index (χ0v) is 8.40. The lowest BCUT2D eigenvalue weighted by Gasteiger charge is -1.95. The van der Waals surface area contributed by atoms with Gasteiger partial charge in [0.2, 0.25) is 11.5 Å². The molecule has 15 heavy (non-hydrogen) atoms. The molecule has 0 amide bonds.